The van der Waals surface area contributed by atoms with E-state index in [0.717, 1.165) is 28.1 Å². The molecule has 3 aromatic carbocycles. The number of hydrogen-bond acceptors (Lipinski definition) is 3. The second kappa shape index (κ2) is 6.03. The predicted octanol–water partition coefficient (Wildman–Crippen LogP) is 3.83. The van der Waals surface area contributed by atoms with Crippen LogP contribution in [0.2, 0.25) is 0 Å². The van der Waals surface area contributed by atoms with Crippen LogP contribution < -0.4 is 9.91 Å². The number of para-hydroxylation sites is 2. The first kappa shape index (κ1) is 17.4. The van der Waals surface area contributed by atoms with Gasteiger partial charge in [-0.2, -0.15) is 5.01 Å². The molecule has 2 atom stereocenters. The first-order valence-corrected chi connectivity index (χ1v) is 10.3. The number of anilines is 2. The van der Waals surface area contributed by atoms with Crippen molar-refractivity contribution in [2.24, 2.45) is 0 Å². The quantitative estimate of drug-likeness (QED) is 0.662. The Hall–Kier alpha value is -3.44. The first-order valence-electron chi connectivity index (χ1n) is 10.3. The van der Waals surface area contributed by atoms with Gasteiger partial charge in [-0.3, -0.25) is 9.59 Å². The van der Waals surface area contributed by atoms with Crippen molar-refractivity contribution in [3.05, 3.63) is 95.6 Å². The first-order chi connectivity index (χ1) is 14.6. The molecule has 3 aromatic rings. The number of nitrogens with zero attached hydrogens (tertiary/aromatic N) is 3. The zero-order valence-corrected chi connectivity index (χ0v) is 16.7. The summed E-state index contributed by atoms with van der Waals surface area (Å²) in [6.45, 7) is 2.53. The molecular weight excluding hydrogens is 374 g/mol. The van der Waals surface area contributed by atoms with E-state index >= 15 is 0 Å². The molecule has 6 rings (SSSR count). The van der Waals surface area contributed by atoms with Crippen molar-refractivity contribution in [2.45, 2.75) is 31.5 Å². The van der Waals surface area contributed by atoms with Crippen LogP contribution in [0.15, 0.2) is 78.9 Å². The molecule has 1 spiro atoms. The van der Waals surface area contributed by atoms with Gasteiger partial charge in [0.2, 0.25) is 5.91 Å². The SMILES string of the molecule is C[C@@H]1CC(=O)N2c3ccccc3[C@@]3(C(=O)N(Cc4ccccc4)c4ccccc43)N12. The molecule has 5 nitrogen and oxygen atoms in total. The number of hydrazine groups is 1. The number of rotatable bonds is 2. The molecule has 30 heavy (non-hydrogen) atoms. The smallest absolute Gasteiger partial charge is 0.259 e. The molecule has 0 saturated carbocycles. The summed E-state index contributed by atoms with van der Waals surface area (Å²) in [5.41, 5.74) is 3.63. The Morgan fingerprint density at radius 2 is 1.43 bits per heavy atom. The lowest BCUT2D eigenvalue weighted by Gasteiger charge is -2.36. The maximum Gasteiger partial charge on any atom is 0.259 e. The monoisotopic (exact) mass is 395 g/mol. The highest BCUT2D eigenvalue weighted by Gasteiger charge is 2.66. The van der Waals surface area contributed by atoms with Crippen LogP contribution in [0.3, 0.4) is 0 Å². The second-order valence-corrected chi connectivity index (χ2v) is 8.22. The van der Waals surface area contributed by atoms with Gasteiger partial charge in [0.15, 0.2) is 5.54 Å². The minimum Gasteiger partial charge on any atom is -0.305 e. The average Bonchev–Trinajstić information content (AvgIpc) is 3.34. The zero-order chi connectivity index (χ0) is 20.5. The minimum atomic E-state index is -1.01. The standard InChI is InChI=1S/C25H21N3O2/c1-17-15-23(29)27-22-14-8-6-12-20(22)25(28(17)27)19-11-5-7-13-21(19)26(24(25)30)16-18-9-3-2-4-10-18/h2-14,17H,15-16H2,1H3/t17-,25+/m1/s1. The van der Waals surface area contributed by atoms with Crippen molar-refractivity contribution < 1.29 is 9.59 Å². The second-order valence-electron chi connectivity index (χ2n) is 8.22. The fraction of sp³-hybridized carbons (Fsp3) is 0.200. The fourth-order valence-electron chi connectivity index (χ4n) is 5.40. The van der Waals surface area contributed by atoms with Crippen LogP contribution in [0.5, 0.6) is 0 Å². The minimum absolute atomic E-state index is 0.00375. The Morgan fingerprint density at radius 3 is 2.17 bits per heavy atom. The van der Waals surface area contributed by atoms with Gasteiger partial charge in [0.1, 0.15) is 0 Å². The Balaban J connectivity index is 1.60. The van der Waals surface area contributed by atoms with Crippen LogP contribution >= 0.6 is 0 Å². The van der Waals surface area contributed by atoms with Gasteiger partial charge in [-0.15, -0.1) is 0 Å². The summed E-state index contributed by atoms with van der Waals surface area (Å²) in [7, 11) is 0. The van der Waals surface area contributed by atoms with Crippen molar-refractivity contribution in [3.8, 4) is 0 Å². The number of carbonyl (C=O) groups is 2. The lowest BCUT2D eigenvalue weighted by molar-refractivity contribution is -0.128. The molecule has 2 amide bonds. The van der Waals surface area contributed by atoms with Gasteiger partial charge in [0.25, 0.3) is 5.91 Å². The highest BCUT2D eigenvalue weighted by atomic mass is 16.2. The molecule has 5 heteroatoms. The van der Waals surface area contributed by atoms with E-state index < -0.39 is 5.54 Å². The number of hydrogen-bond donors (Lipinski definition) is 0. The Bertz CT molecular complexity index is 1190. The normalized spacial score (nSPS) is 24.5. The van der Waals surface area contributed by atoms with Crippen LogP contribution in [0.1, 0.15) is 30.0 Å². The summed E-state index contributed by atoms with van der Waals surface area (Å²) in [5, 5.41) is 3.76. The molecule has 3 heterocycles. The highest BCUT2D eigenvalue weighted by Crippen LogP contribution is 2.58. The van der Waals surface area contributed by atoms with Crippen LogP contribution in [0.25, 0.3) is 0 Å². The molecule has 0 unspecified atom stereocenters. The molecule has 0 N–H and O–H groups in total. The molecule has 0 radical (unpaired) electrons. The highest BCUT2D eigenvalue weighted by molar-refractivity contribution is 6.14. The third-order valence-electron chi connectivity index (χ3n) is 6.53. The van der Waals surface area contributed by atoms with Crippen LogP contribution in [0.4, 0.5) is 11.4 Å². The summed E-state index contributed by atoms with van der Waals surface area (Å²) in [6, 6.07) is 25.8. The van der Waals surface area contributed by atoms with Crippen LogP contribution in [-0.4, -0.2) is 22.9 Å². The summed E-state index contributed by atoms with van der Waals surface area (Å²) >= 11 is 0. The van der Waals surface area contributed by atoms with E-state index in [-0.39, 0.29) is 17.9 Å². The molecule has 1 fully saturated rings. The van der Waals surface area contributed by atoms with E-state index in [9.17, 15) is 9.59 Å². The summed E-state index contributed by atoms with van der Waals surface area (Å²) in [6.07, 6.45) is 0.407. The van der Waals surface area contributed by atoms with Crippen molar-refractivity contribution in [1.29, 1.82) is 0 Å². The van der Waals surface area contributed by atoms with E-state index in [1.54, 1.807) is 5.01 Å². The molecule has 0 aromatic heterocycles. The van der Waals surface area contributed by atoms with Gasteiger partial charge in [-0.25, -0.2) is 5.01 Å². The van der Waals surface area contributed by atoms with Crippen LogP contribution in [-0.2, 0) is 21.7 Å². The number of carbonyl (C=O) groups excluding carboxylic acids is 2. The predicted molar refractivity (Wildman–Crippen MR) is 115 cm³/mol. The Labute approximate surface area is 175 Å². The summed E-state index contributed by atoms with van der Waals surface area (Å²) < 4.78 is 0. The lowest BCUT2D eigenvalue weighted by atomic mass is 9.83. The lowest BCUT2D eigenvalue weighted by Crippen LogP contribution is -2.55. The Kier molecular flexibility index (Phi) is 3.50. The topological polar surface area (TPSA) is 43.9 Å². The van der Waals surface area contributed by atoms with Gasteiger partial charge in [0, 0.05) is 23.6 Å². The summed E-state index contributed by atoms with van der Waals surface area (Å²) in [4.78, 5) is 29.1. The van der Waals surface area contributed by atoms with Crippen molar-refractivity contribution >= 4 is 23.2 Å². The molecule has 0 aliphatic carbocycles. The molecule has 0 bridgehead atoms. The maximum atomic E-state index is 14.3. The van der Waals surface area contributed by atoms with Gasteiger partial charge >= 0.3 is 0 Å². The number of fused-ring (bicyclic) bond motifs is 7. The van der Waals surface area contributed by atoms with E-state index in [4.69, 9.17) is 0 Å². The van der Waals surface area contributed by atoms with Gasteiger partial charge in [-0.05, 0) is 24.6 Å². The van der Waals surface area contributed by atoms with Crippen molar-refractivity contribution in [1.82, 2.24) is 5.01 Å². The number of amides is 2. The van der Waals surface area contributed by atoms with Crippen molar-refractivity contribution in [2.75, 3.05) is 9.91 Å². The fourth-order valence-corrected chi connectivity index (χ4v) is 5.40. The molecule has 3 aliphatic heterocycles. The zero-order valence-electron chi connectivity index (χ0n) is 16.7. The maximum absolute atomic E-state index is 14.3. The molecular formula is C25H21N3O2. The van der Waals surface area contributed by atoms with Crippen molar-refractivity contribution in [3.63, 3.8) is 0 Å². The Morgan fingerprint density at radius 1 is 0.833 bits per heavy atom. The third kappa shape index (κ3) is 2.00. The summed E-state index contributed by atoms with van der Waals surface area (Å²) in [5.74, 6) is 0.0441. The molecule has 3 aliphatic rings. The van der Waals surface area contributed by atoms with E-state index in [2.05, 4.69) is 0 Å². The molecule has 148 valence electrons. The van der Waals surface area contributed by atoms with Gasteiger partial charge in [-0.1, -0.05) is 66.7 Å². The van der Waals surface area contributed by atoms with E-state index in [1.807, 2.05) is 95.7 Å². The van der Waals surface area contributed by atoms with Gasteiger partial charge < -0.3 is 4.90 Å². The van der Waals surface area contributed by atoms with E-state index in [1.165, 1.54) is 0 Å². The van der Waals surface area contributed by atoms with Crippen LogP contribution in [0, 0.1) is 0 Å². The largest absolute Gasteiger partial charge is 0.305 e. The number of benzene rings is 3. The van der Waals surface area contributed by atoms with Gasteiger partial charge in [0.05, 0.1) is 17.9 Å². The average molecular weight is 395 g/mol. The third-order valence-corrected chi connectivity index (χ3v) is 6.53. The molecule has 1 saturated heterocycles. The van der Waals surface area contributed by atoms with E-state index in [0.29, 0.717) is 13.0 Å².